The molecule has 0 aliphatic heterocycles. The van der Waals surface area contributed by atoms with Crippen LogP contribution in [0.1, 0.15) is 10.4 Å². The van der Waals surface area contributed by atoms with Gasteiger partial charge in [0.2, 0.25) is 11.9 Å². The Kier molecular flexibility index (Phi) is 3.00. The average Bonchev–Trinajstić information content (AvgIpc) is 2.97. The van der Waals surface area contributed by atoms with Gasteiger partial charge in [-0.05, 0) is 36.1 Å². The number of carbonyl (C=O) groups is 1. The first-order valence-electron chi connectivity index (χ1n) is 5.86. The minimum atomic E-state index is -0.102. The quantitative estimate of drug-likeness (QED) is 0.795. The highest BCUT2D eigenvalue weighted by molar-refractivity contribution is 7.10. The van der Waals surface area contributed by atoms with Crippen LogP contribution in [0.2, 0.25) is 0 Å². The molecule has 0 fully saturated rings. The zero-order valence-corrected chi connectivity index (χ0v) is 11.1. The summed E-state index contributed by atoms with van der Waals surface area (Å²) in [5.41, 5.74) is 1.84. The third kappa shape index (κ3) is 2.63. The summed E-state index contributed by atoms with van der Waals surface area (Å²) in [6.07, 6.45) is 2.18. The van der Waals surface area contributed by atoms with E-state index in [-0.39, 0.29) is 5.91 Å². The van der Waals surface area contributed by atoms with Gasteiger partial charge in [0.25, 0.3) is 0 Å². The first-order valence-corrected chi connectivity index (χ1v) is 6.74. The maximum Gasteiger partial charge on any atom is 0.249 e. The van der Waals surface area contributed by atoms with E-state index < -0.39 is 0 Å². The molecule has 0 aliphatic carbocycles. The number of anilines is 1. The molecule has 96 valence electrons. The second-order valence-corrected chi connectivity index (χ2v) is 5.28. The fourth-order valence-corrected chi connectivity index (χ4v) is 2.48. The van der Waals surface area contributed by atoms with Crippen molar-refractivity contribution in [3.8, 4) is 0 Å². The van der Waals surface area contributed by atoms with Crippen molar-refractivity contribution in [2.45, 2.75) is 13.3 Å². The van der Waals surface area contributed by atoms with E-state index in [9.17, 15) is 4.79 Å². The fraction of sp³-hybridized carbons (Fsp3) is 0.154. The first kappa shape index (κ1) is 11.9. The molecule has 0 saturated heterocycles. The monoisotopic (exact) mass is 272 g/mol. The number of fused-ring (bicyclic) bond motifs is 1. The summed E-state index contributed by atoms with van der Waals surface area (Å²) < 4.78 is 1.65. The molecule has 0 aromatic carbocycles. The van der Waals surface area contributed by atoms with E-state index in [1.807, 2.05) is 42.8 Å². The van der Waals surface area contributed by atoms with Gasteiger partial charge in [-0.3, -0.25) is 10.1 Å². The number of pyridine rings is 1. The van der Waals surface area contributed by atoms with Crippen molar-refractivity contribution in [2.24, 2.45) is 0 Å². The van der Waals surface area contributed by atoms with Gasteiger partial charge in [0.15, 0.2) is 5.65 Å². The third-order valence-corrected chi connectivity index (χ3v) is 3.54. The van der Waals surface area contributed by atoms with Crippen LogP contribution in [0, 0.1) is 6.92 Å². The van der Waals surface area contributed by atoms with Gasteiger partial charge >= 0.3 is 0 Å². The zero-order chi connectivity index (χ0) is 13.2. The summed E-state index contributed by atoms with van der Waals surface area (Å²) >= 11 is 1.56. The number of aryl methyl sites for hydroxylation is 1. The van der Waals surface area contributed by atoms with E-state index in [1.54, 1.807) is 15.9 Å². The molecular weight excluding hydrogens is 260 g/mol. The van der Waals surface area contributed by atoms with Crippen molar-refractivity contribution < 1.29 is 4.79 Å². The molecule has 5 nitrogen and oxygen atoms in total. The van der Waals surface area contributed by atoms with E-state index >= 15 is 0 Å². The molecule has 0 radical (unpaired) electrons. The molecular formula is C13H12N4OS. The lowest BCUT2D eigenvalue weighted by atomic mass is 10.3. The molecule has 1 N–H and O–H groups in total. The smallest absolute Gasteiger partial charge is 0.249 e. The average molecular weight is 272 g/mol. The van der Waals surface area contributed by atoms with Crippen LogP contribution in [0.4, 0.5) is 5.95 Å². The highest BCUT2D eigenvalue weighted by Gasteiger charge is 2.09. The lowest BCUT2D eigenvalue weighted by Crippen LogP contribution is -2.14. The van der Waals surface area contributed by atoms with Crippen molar-refractivity contribution >= 4 is 28.8 Å². The Bertz CT molecular complexity index is 717. The lowest BCUT2D eigenvalue weighted by Gasteiger charge is -1.97. The highest BCUT2D eigenvalue weighted by atomic mass is 32.1. The van der Waals surface area contributed by atoms with Gasteiger partial charge in [-0.25, -0.2) is 4.52 Å². The fourth-order valence-electron chi connectivity index (χ4n) is 1.78. The Morgan fingerprint density at radius 1 is 1.47 bits per heavy atom. The Morgan fingerprint density at radius 3 is 3.16 bits per heavy atom. The molecule has 0 spiro atoms. The number of hydrogen-bond acceptors (Lipinski definition) is 4. The first-order chi connectivity index (χ1) is 9.20. The van der Waals surface area contributed by atoms with Crippen molar-refractivity contribution in [3.63, 3.8) is 0 Å². The predicted octanol–water partition coefficient (Wildman–Crippen LogP) is 2.28. The van der Waals surface area contributed by atoms with Crippen LogP contribution < -0.4 is 5.32 Å². The Hall–Kier alpha value is -2.21. The van der Waals surface area contributed by atoms with Crippen molar-refractivity contribution in [1.82, 2.24) is 14.6 Å². The number of carbonyl (C=O) groups excluding carboxylic acids is 1. The number of hydrogen-bond donors (Lipinski definition) is 1. The van der Waals surface area contributed by atoms with E-state index in [4.69, 9.17) is 0 Å². The summed E-state index contributed by atoms with van der Waals surface area (Å²) in [5.74, 6) is 0.238. The topological polar surface area (TPSA) is 59.3 Å². The maximum absolute atomic E-state index is 11.8. The molecule has 3 heterocycles. The van der Waals surface area contributed by atoms with E-state index in [2.05, 4.69) is 15.4 Å². The number of thiophene rings is 1. The van der Waals surface area contributed by atoms with Crippen LogP contribution in [0.25, 0.3) is 5.65 Å². The highest BCUT2D eigenvalue weighted by Crippen LogP contribution is 2.11. The molecule has 19 heavy (non-hydrogen) atoms. The van der Waals surface area contributed by atoms with Crippen molar-refractivity contribution in [1.29, 1.82) is 0 Å². The summed E-state index contributed by atoms with van der Waals surface area (Å²) in [6.45, 7) is 1.99. The van der Waals surface area contributed by atoms with Gasteiger partial charge in [-0.2, -0.15) is 4.98 Å². The summed E-state index contributed by atoms with van der Waals surface area (Å²) in [4.78, 5) is 17.1. The van der Waals surface area contributed by atoms with Gasteiger partial charge in [0, 0.05) is 11.1 Å². The largest absolute Gasteiger partial charge is 0.293 e. The van der Waals surface area contributed by atoms with Gasteiger partial charge in [0.1, 0.15) is 0 Å². The second-order valence-electron chi connectivity index (χ2n) is 4.25. The standard InChI is InChI=1S/C13H12N4OS/c1-9-4-5-17-11(7-9)14-13(16-17)15-12(18)8-10-3-2-6-19-10/h2-7H,8H2,1H3,(H,15,16,18). The van der Waals surface area contributed by atoms with Crippen LogP contribution in [-0.2, 0) is 11.2 Å². The molecule has 3 rings (SSSR count). The Morgan fingerprint density at radius 2 is 2.37 bits per heavy atom. The zero-order valence-electron chi connectivity index (χ0n) is 10.3. The predicted molar refractivity (Wildman–Crippen MR) is 74.4 cm³/mol. The number of nitrogens with zero attached hydrogens (tertiary/aromatic N) is 3. The molecule has 0 unspecified atom stereocenters. The molecule has 1 amide bonds. The van der Waals surface area contributed by atoms with Crippen LogP contribution in [-0.4, -0.2) is 20.5 Å². The van der Waals surface area contributed by atoms with Crippen LogP contribution in [0.3, 0.4) is 0 Å². The van der Waals surface area contributed by atoms with Gasteiger partial charge < -0.3 is 0 Å². The summed E-state index contributed by atoms with van der Waals surface area (Å²) in [5, 5.41) is 8.87. The van der Waals surface area contributed by atoms with Crippen LogP contribution in [0.15, 0.2) is 35.8 Å². The SMILES string of the molecule is Cc1ccn2nc(NC(=O)Cc3cccs3)nc2c1. The van der Waals surface area contributed by atoms with Crippen molar-refractivity contribution in [2.75, 3.05) is 5.32 Å². The molecule has 6 heteroatoms. The van der Waals surface area contributed by atoms with Gasteiger partial charge in [-0.1, -0.05) is 6.07 Å². The normalized spacial score (nSPS) is 10.8. The number of aromatic nitrogens is 3. The second kappa shape index (κ2) is 4.81. The van der Waals surface area contributed by atoms with E-state index in [0.29, 0.717) is 12.4 Å². The van der Waals surface area contributed by atoms with Crippen molar-refractivity contribution in [3.05, 3.63) is 46.3 Å². The van der Waals surface area contributed by atoms with E-state index in [0.717, 1.165) is 16.1 Å². The summed E-state index contributed by atoms with van der Waals surface area (Å²) in [7, 11) is 0. The van der Waals surface area contributed by atoms with Gasteiger partial charge in [0.05, 0.1) is 6.42 Å². The Balaban J connectivity index is 1.76. The van der Waals surface area contributed by atoms with Crippen LogP contribution in [0.5, 0.6) is 0 Å². The maximum atomic E-state index is 11.8. The minimum absolute atomic E-state index is 0.102. The molecule has 0 aliphatic rings. The van der Waals surface area contributed by atoms with Gasteiger partial charge in [-0.15, -0.1) is 16.4 Å². The minimum Gasteiger partial charge on any atom is -0.293 e. The lowest BCUT2D eigenvalue weighted by molar-refractivity contribution is -0.115. The molecule has 3 aromatic rings. The number of amides is 1. The van der Waals surface area contributed by atoms with Crippen LogP contribution >= 0.6 is 11.3 Å². The molecule has 0 atom stereocenters. The molecule has 0 saturated carbocycles. The summed E-state index contributed by atoms with van der Waals surface area (Å²) in [6, 6.07) is 7.73. The third-order valence-electron chi connectivity index (χ3n) is 2.66. The van der Waals surface area contributed by atoms with E-state index in [1.165, 1.54) is 0 Å². The number of rotatable bonds is 3. The molecule has 0 bridgehead atoms. The number of nitrogens with one attached hydrogen (secondary N) is 1. The Labute approximate surface area is 113 Å². The molecule has 3 aromatic heterocycles.